The predicted molar refractivity (Wildman–Crippen MR) is 58.2 cm³/mol. The van der Waals surface area contributed by atoms with E-state index >= 15 is 0 Å². The third kappa shape index (κ3) is 1.10. The summed E-state index contributed by atoms with van der Waals surface area (Å²) in [5.74, 6) is 0. The van der Waals surface area contributed by atoms with Crippen molar-refractivity contribution in [1.82, 2.24) is 0 Å². The standard InChI is InChI=1S/C12H8O4/c13-5-7-6-15-11-8-3-1-2-4-9(8)16-12(11)10(7)14/h1-4,6,13H,5H2. The number of para-hydroxylation sites is 1. The van der Waals surface area contributed by atoms with Crippen molar-refractivity contribution in [2.75, 3.05) is 0 Å². The molecule has 0 atom stereocenters. The molecule has 1 aromatic carbocycles. The summed E-state index contributed by atoms with van der Waals surface area (Å²) in [7, 11) is 0. The summed E-state index contributed by atoms with van der Waals surface area (Å²) in [4.78, 5) is 11.8. The van der Waals surface area contributed by atoms with Crippen LogP contribution in [0.1, 0.15) is 5.56 Å². The Morgan fingerprint density at radius 3 is 2.81 bits per heavy atom. The molecule has 3 rings (SSSR count). The third-order valence-corrected chi connectivity index (χ3v) is 2.54. The van der Waals surface area contributed by atoms with Crippen LogP contribution in [0.5, 0.6) is 0 Å². The lowest BCUT2D eigenvalue weighted by Gasteiger charge is -1.92. The SMILES string of the molecule is O=c1c(CO)coc2c1oc1ccccc12. The Labute approximate surface area is 89.7 Å². The van der Waals surface area contributed by atoms with Crippen LogP contribution in [0.15, 0.2) is 44.2 Å². The van der Waals surface area contributed by atoms with Crippen molar-refractivity contribution in [3.05, 3.63) is 46.3 Å². The lowest BCUT2D eigenvalue weighted by molar-refractivity contribution is 0.277. The Balaban J connectivity index is 2.55. The van der Waals surface area contributed by atoms with Gasteiger partial charge in [-0.15, -0.1) is 0 Å². The second-order valence-electron chi connectivity index (χ2n) is 3.50. The molecule has 80 valence electrons. The van der Waals surface area contributed by atoms with E-state index in [9.17, 15) is 4.79 Å². The van der Waals surface area contributed by atoms with E-state index in [0.29, 0.717) is 11.2 Å². The molecular formula is C12H8O4. The van der Waals surface area contributed by atoms with Gasteiger partial charge in [0.15, 0.2) is 5.58 Å². The molecule has 0 spiro atoms. The second kappa shape index (κ2) is 3.21. The average Bonchev–Trinajstić information content (AvgIpc) is 2.69. The van der Waals surface area contributed by atoms with Gasteiger partial charge in [0.25, 0.3) is 0 Å². The lowest BCUT2D eigenvalue weighted by atomic mass is 10.2. The Kier molecular flexibility index (Phi) is 1.84. The van der Waals surface area contributed by atoms with E-state index in [-0.39, 0.29) is 23.2 Å². The highest BCUT2D eigenvalue weighted by atomic mass is 16.4. The molecule has 0 unspecified atom stereocenters. The average molecular weight is 216 g/mol. The molecule has 16 heavy (non-hydrogen) atoms. The van der Waals surface area contributed by atoms with E-state index < -0.39 is 0 Å². The van der Waals surface area contributed by atoms with Crippen molar-refractivity contribution in [3.63, 3.8) is 0 Å². The number of hydrogen-bond donors (Lipinski definition) is 1. The molecule has 2 aromatic heterocycles. The highest BCUT2D eigenvalue weighted by Crippen LogP contribution is 2.26. The number of aliphatic hydroxyl groups is 1. The largest absolute Gasteiger partial charge is 0.460 e. The first-order valence-electron chi connectivity index (χ1n) is 4.84. The fourth-order valence-electron chi connectivity index (χ4n) is 1.73. The van der Waals surface area contributed by atoms with Gasteiger partial charge in [-0.05, 0) is 12.1 Å². The van der Waals surface area contributed by atoms with Crippen LogP contribution in [0, 0.1) is 0 Å². The van der Waals surface area contributed by atoms with Crippen molar-refractivity contribution in [2.45, 2.75) is 6.61 Å². The van der Waals surface area contributed by atoms with E-state index in [1.807, 2.05) is 18.2 Å². The molecular weight excluding hydrogens is 208 g/mol. The van der Waals surface area contributed by atoms with Gasteiger partial charge in [-0.2, -0.15) is 0 Å². The van der Waals surface area contributed by atoms with Gasteiger partial charge in [-0.3, -0.25) is 4.79 Å². The molecule has 2 heterocycles. The summed E-state index contributed by atoms with van der Waals surface area (Å²) in [5, 5.41) is 9.71. The predicted octanol–water partition coefficient (Wildman–Crippen LogP) is 2.03. The number of aliphatic hydroxyl groups excluding tert-OH is 1. The van der Waals surface area contributed by atoms with E-state index in [1.165, 1.54) is 6.26 Å². The molecule has 0 radical (unpaired) electrons. The molecule has 0 aliphatic heterocycles. The molecule has 4 nitrogen and oxygen atoms in total. The van der Waals surface area contributed by atoms with Crippen LogP contribution in [0.2, 0.25) is 0 Å². The summed E-state index contributed by atoms with van der Waals surface area (Å²) in [6.45, 7) is -0.352. The maximum absolute atomic E-state index is 11.8. The van der Waals surface area contributed by atoms with Crippen molar-refractivity contribution in [2.24, 2.45) is 0 Å². The Morgan fingerprint density at radius 2 is 2.00 bits per heavy atom. The van der Waals surface area contributed by atoms with E-state index in [1.54, 1.807) is 6.07 Å². The Bertz CT molecular complexity index is 721. The van der Waals surface area contributed by atoms with E-state index in [0.717, 1.165) is 5.39 Å². The normalized spacial score (nSPS) is 11.3. The molecule has 0 aliphatic rings. The van der Waals surface area contributed by atoms with Crippen molar-refractivity contribution in [3.8, 4) is 0 Å². The first kappa shape index (κ1) is 9.18. The minimum absolute atomic E-state index is 0.160. The van der Waals surface area contributed by atoms with E-state index in [4.69, 9.17) is 13.9 Å². The molecule has 0 saturated heterocycles. The maximum Gasteiger partial charge on any atom is 0.233 e. The number of hydrogen-bond acceptors (Lipinski definition) is 4. The van der Waals surface area contributed by atoms with Gasteiger partial charge < -0.3 is 13.9 Å². The molecule has 0 bridgehead atoms. The van der Waals surface area contributed by atoms with Gasteiger partial charge in [0, 0.05) is 0 Å². The zero-order chi connectivity index (χ0) is 11.1. The van der Waals surface area contributed by atoms with Crippen LogP contribution < -0.4 is 5.43 Å². The van der Waals surface area contributed by atoms with Gasteiger partial charge in [-0.1, -0.05) is 12.1 Å². The molecule has 0 saturated carbocycles. The van der Waals surface area contributed by atoms with Crippen molar-refractivity contribution in [1.29, 1.82) is 0 Å². The fraction of sp³-hybridized carbons (Fsp3) is 0.0833. The van der Waals surface area contributed by atoms with Gasteiger partial charge in [0.1, 0.15) is 11.8 Å². The summed E-state index contributed by atoms with van der Waals surface area (Å²) in [5.41, 5.74) is 1.07. The van der Waals surface area contributed by atoms with Crippen LogP contribution in [0.25, 0.3) is 22.1 Å². The number of benzene rings is 1. The molecule has 0 amide bonds. The monoisotopic (exact) mass is 216 g/mol. The van der Waals surface area contributed by atoms with Gasteiger partial charge in [0.2, 0.25) is 11.0 Å². The first-order chi connectivity index (χ1) is 7.81. The minimum Gasteiger partial charge on any atom is -0.460 e. The van der Waals surface area contributed by atoms with Gasteiger partial charge >= 0.3 is 0 Å². The lowest BCUT2D eigenvalue weighted by Crippen LogP contribution is -2.06. The Morgan fingerprint density at radius 1 is 1.19 bits per heavy atom. The molecule has 1 N–H and O–H groups in total. The van der Waals surface area contributed by atoms with Crippen LogP contribution in [0.3, 0.4) is 0 Å². The zero-order valence-corrected chi connectivity index (χ0v) is 8.27. The van der Waals surface area contributed by atoms with Crippen LogP contribution in [-0.2, 0) is 6.61 Å². The van der Waals surface area contributed by atoms with Gasteiger partial charge in [0.05, 0.1) is 17.6 Å². The third-order valence-electron chi connectivity index (χ3n) is 2.54. The fourth-order valence-corrected chi connectivity index (χ4v) is 1.73. The summed E-state index contributed by atoms with van der Waals surface area (Å²) in [6, 6.07) is 7.25. The quantitative estimate of drug-likeness (QED) is 0.676. The molecule has 0 fully saturated rings. The van der Waals surface area contributed by atoms with Crippen LogP contribution >= 0.6 is 0 Å². The smallest absolute Gasteiger partial charge is 0.233 e. The Hall–Kier alpha value is -2.07. The number of furan rings is 1. The summed E-state index contributed by atoms with van der Waals surface area (Å²) < 4.78 is 10.7. The first-order valence-corrected chi connectivity index (χ1v) is 4.84. The minimum atomic E-state index is -0.352. The van der Waals surface area contributed by atoms with Crippen LogP contribution in [0.4, 0.5) is 0 Å². The molecule has 4 heteroatoms. The zero-order valence-electron chi connectivity index (χ0n) is 8.27. The summed E-state index contributed by atoms with van der Waals surface area (Å²) in [6.07, 6.45) is 1.27. The number of fused-ring (bicyclic) bond motifs is 3. The summed E-state index contributed by atoms with van der Waals surface area (Å²) >= 11 is 0. The van der Waals surface area contributed by atoms with Gasteiger partial charge in [-0.25, -0.2) is 0 Å². The number of rotatable bonds is 1. The molecule has 0 aliphatic carbocycles. The van der Waals surface area contributed by atoms with Crippen molar-refractivity contribution < 1.29 is 13.9 Å². The van der Waals surface area contributed by atoms with E-state index in [2.05, 4.69) is 0 Å². The second-order valence-corrected chi connectivity index (χ2v) is 3.50. The van der Waals surface area contributed by atoms with Crippen LogP contribution in [-0.4, -0.2) is 5.11 Å². The highest BCUT2D eigenvalue weighted by molar-refractivity contribution is 6.00. The topological polar surface area (TPSA) is 63.6 Å². The van der Waals surface area contributed by atoms with Crippen molar-refractivity contribution >= 4 is 22.1 Å². The maximum atomic E-state index is 11.8. The molecule has 3 aromatic rings. The highest BCUT2D eigenvalue weighted by Gasteiger charge is 2.13.